The van der Waals surface area contributed by atoms with Crippen LogP contribution in [0.1, 0.15) is 37.9 Å². The van der Waals surface area contributed by atoms with Gasteiger partial charge < -0.3 is 10.1 Å². The van der Waals surface area contributed by atoms with Gasteiger partial charge in [0.25, 0.3) is 0 Å². The molecule has 4 unspecified atom stereocenters. The summed E-state index contributed by atoms with van der Waals surface area (Å²) in [6.45, 7) is 4.66. The summed E-state index contributed by atoms with van der Waals surface area (Å²) in [6.07, 6.45) is 5.82. The van der Waals surface area contributed by atoms with Gasteiger partial charge in [-0.15, -0.1) is 0 Å². The smallest absolute Gasteiger partial charge is 0.0995 e. The van der Waals surface area contributed by atoms with Crippen molar-refractivity contribution in [1.82, 2.24) is 9.88 Å². The van der Waals surface area contributed by atoms with E-state index in [-0.39, 0.29) is 11.7 Å². The van der Waals surface area contributed by atoms with Crippen LogP contribution in [0.4, 0.5) is 5.69 Å². The maximum Gasteiger partial charge on any atom is 0.0995 e. The molecule has 0 radical (unpaired) electrons. The van der Waals surface area contributed by atoms with Crippen molar-refractivity contribution in [3.05, 3.63) is 36.0 Å². The van der Waals surface area contributed by atoms with Crippen LogP contribution in [-0.4, -0.2) is 41.7 Å². The molecular weight excluding hydrogens is 298 g/mol. The SMILES string of the molecule is CCC12CN3CCC1CC3[C@H](c1ccnc3ccc(NC)cc13)O2. The summed E-state index contributed by atoms with van der Waals surface area (Å²) in [6, 6.07) is 9.11. The summed E-state index contributed by atoms with van der Waals surface area (Å²) in [5.41, 5.74) is 3.56. The average molecular weight is 323 g/mol. The standard InChI is InChI=1S/C20H25N3O/c1-3-20-12-23-9-7-13(20)10-18(23)19(24-20)15-6-8-22-17-5-4-14(21-2)11-16(15)17/h4-6,8,11,13,18-19,21H,3,7,9-10,12H2,1-2H3/t13?,18?,19-,20?/m0/s1. The van der Waals surface area contributed by atoms with Crippen molar-refractivity contribution in [3.63, 3.8) is 0 Å². The van der Waals surface area contributed by atoms with Gasteiger partial charge in [0.05, 0.1) is 17.2 Å². The van der Waals surface area contributed by atoms with Crippen molar-refractivity contribution in [2.45, 2.75) is 43.9 Å². The van der Waals surface area contributed by atoms with Crippen molar-refractivity contribution >= 4 is 16.6 Å². The molecule has 4 heteroatoms. The number of benzene rings is 1. The number of aromatic nitrogens is 1. The molecule has 126 valence electrons. The zero-order valence-electron chi connectivity index (χ0n) is 14.5. The lowest BCUT2D eigenvalue weighted by Crippen LogP contribution is -2.70. The molecule has 24 heavy (non-hydrogen) atoms. The van der Waals surface area contributed by atoms with Gasteiger partial charge in [0, 0.05) is 36.9 Å². The number of piperidine rings is 3. The third kappa shape index (κ3) is 1.90. The predicted molar refractivity (Wildman–Crippen MR) is 96.2 cm³/mol. The Morgan fingerprint density at radius 1 is 1.38 bits per heavy atom. The molecule has 0 saturated carbocycles. The molecule has 4 bridgehead atoms. The molecule has 0 spiro atoms. The van der Waals surface area contributed by atoms with Crippen molar-refractivity contribution < 1.29 is 4.74 Å². The summed E-state index contributed by atoms with van der Waals surface area (Å²) >= 11 is 0. The van der Waals surface area contributed by atoms with Gasteiger partial charge >= 0.3 is 0 Å². The summed E-state index contributed by atoms with van der Waals surface area (Å²) in [4.78, 5) is 7.25. The first-order chi connectivity index (χ1) is 11.7. The van der Waals surface area contributed by atoms with E-state index in [0.29, 0.717) is 6.04 Å². The fourth-order valence-electron chi connectivity index (χ4n) is 5.30. The highest BCUT2D eigenvalue weighted by Crippen LogP contribution is 2.54. The number of pyridine rings is 1. The molecule has 2 aromatic rings. The Labute approximate surface area is 143 Å². The number of anilines is 1. The second-order valence-electron chi connectivity index (χ2n) is 7.60. The van der Waals surface area contributed by atoms with Gasteiger partial charge in [-0.2, -0.15) is 0 Å². The van der Waals surface area contributed by atoms with E-state index in [1.54, 1.807) is 0 Å². The van der Waals surface area contributed by atoms with Crippen LogP contribution in [0.25, 0.3) is 10.9 Å². The van der Waals surface area contributed by atoms with Crippen LogP contribution in [0, 0.1) is 5.92 Å². The Kier molecular flexibility index (Phi) is 3.16. The number of fused-ring (bicyclic) bond motifs is 3. The van der Waals surface area contributed by atoms with E-state index >= 15 is 0 Å². The van der Waals surface area contributed by atoms with E-state index in [4.69, 9.17) is 4.74 Å². The van der Waals surface area contributed by atoms with Gasteiger partial charge in [-0.05, 0) is 61.6 Å². The molecule has 5 aliphatic rings. The molecule has 1 aromatic carbocycles. The fraction of sp³-hybridized carbons (Fsp3) is 0.550. The first-order valence-electron chi connectivity index (χ1n) is 9.22. The van der Waals surface area contributed by atoms with Gasteiger partial charge in [-0.3, -0.25) is 9.88 Å². The van der Waals surface area contributed by atoms with E-state index in [2.05, 4.69) is 46.4 Å². The topological polar surface area (TPSA) is 37.4 Å². The average Bonchev–Trinajstić information content (AvgIpc) is 2.66. The minimum atomic E-state index is 0.0634. The highest BCUT2D eigenvalue weighted by Gasteiger charge is 2.58. The number of ether oxygens (including phenoxy) is 1. The lowest BCUT2D eigenvalue weighted by atomic mass is 9.66. The van der Waals surface area contributed by atoms with Gasteiger partial charge in [-0.25, -0.2) is 0 Å². The normalized spacial score (nSPS) is 37.1. The fourth-order valence-corrected chi connectivity index (χ4v) is 5.30. The lowest BCUT2D eigenvalue weighted by molar-refractivity contribution is -0.274. The van der Waals surface area contributed by atoms with E-state index in [1.807, 2.05) is 13.2 Å². The molecule has 4 nitrogen and oxygen atoms in total. The Bertz CT molecular complexity index is 792. The summed E-state index contributed by atoms with van der Waals surface area (Å²) in [5, 5.41) is 4.48. The minimum absolute atomic E-state index is 0.0634. The molecule has 5 fully saturated rings. The quantitative estimate of drug-likeness (QED) is 0.937. The summed E-state index contributed by atoms with van der Waals surface area (Å²) in [7, 11) is 1.97. The summed E-state index contributed by atoms with van der Waals surface area (Å²) < 4.78 is 6.83. The first-order valence-corrected chi connectivity index (χ1v) is 9.22. The van der Waals surface area contributed by atoms with Crippen LogP contribution in [0.5, 0.6) is 0 Å². The number of nitrogens with zero attached hydrogens (tertiary/aromatic N) is 2. The summed E-state index contributed by atoms with van der Waals surface area (Å²) in [5.74, 6) is 0.745. The molecule has 5 saturated heterocycles. The highest BCUT2D eigenvalue weighted by molar-refractivity contribution is 5.85. The van der Waals surface area contributed by atoms with Crippen LogP contribution in [0.15, 0.2) is 30.5 Å². The Balaban J connectivity index is 1.63. The zero-order valence-corrected chi connectivity index (χ0v) is 14.5. The van der Waals surface area contributed by atoms with Crippen LogP contribution in [-0.2, 0) is 4.74 Å². The maximum absolute atomic E-state index is 6.83. The van der Waals surface area contributed by atoms with Crippen molar-refractivity contribution in [1.29, 1.82) is 0 Å². The molecular formula is C20H25N3O. The molecule has 0 aliphatic carbocycles. The van der Waals surface area contributed by atoms with Gasteiger partial charge in [0.2, 0.25) is 0 Å². The van der Waals surface area contributed by atoms with Gasteiger partial charge in [-0.1, -0.05) is 6.92 Å². The number of hydrogen-bond acceptors (Lipinski definition) is 4. The maximum atomic E-state index is 6.83. The monoisotopic (exact) mass is 323 g/mol. The predicted octanol–water partition coefficient (Wildman–Crippen LogP) is 3.59. The minimum Gasteiger partial charge on any atom is -0.388 e. The second-order valence-corrected chi connectivity index (χ2v) is 7.60. The second kappa shape index (κ2) is 5.17. The molecule has 1 N–H and O–H groups in total. The first kappa shape index (κ1) is 14.7. The molecule has 5 aliphatic heterocycles. The van der Waals surface area contributed by atoms with Crippen molar-refractivity contribution in [3.8, 4) is 0 Å². The number of rotatable bonds is 3. The van der Waals surface area contributed by atoms with E-state index < -0.39 is 0 Å². The van der Waals surface area contributed by atoms with E-state index in [9.17, 15) is 0 Å². The Morgan fingerprint density at radius 2 is 2.29 bits per heavy atom. The van der Waals surface area contributed by atoms with Crippen LogP contribution in [0.3, 0.4) is 0 Å². The third-order valence-electron chi connectivity index (χ3n) is 6.65. The highest BCUT2D eigenvalue weighted by atomic mass is 16.5. The number of nitrogens with one attached hydrogen (secondary N) is 1. The molecule has 7 rings (SSSR count). The lowest BCUT2D eigenvalue weighted by Gasteiger charge is -2.64. The molecule has 1 aromatic heterocycles. The molecule has 5 atom stereocenters. The Hall–Kier alpha value is -1.65. The largest absolute Gasteiger partial charge is 0.388 e. The Morgan fingerprint density at radius 3 is 3.04 bits per heavy atom. The zero-order chi connectivity index (χ0) is 16.3. The molecule has 0 amide bonds. The van der Waals surface area contributed by atoms with Crippen LogP contribution >= 0.6 is 0 Å². The van der Waals surface area contributed by atoms with Crippen molar-refractivity contribution in [2.24, 2.45) is 5.92 Å². The van der Waals surface area contributed by atoms with E-state index in [0.717, 1.165) is 30.1 Å². The van der Waals surface area contributed by atoms with Crippen LogP contribution < -0.4 is 5.32 Å². The number of morpholine rings is 1. The third-order valence-corrected chi connectivity index (χ3v) is 6.65. The van der Waals surface area contributed by atoms with Crippen LogP contribution in [0.2, 0.25) is 0 Å². The van der Waals surface area contributed by atoms with Gasteiger partial charge in [0.1, 0.15) is 0 Å². The van der Waals surface area contributed by atoms with Crippen molar-refractivity contribution in [2.75, 3.05) is 25.5 Å². The number of hydrogen-bond donors (Lipinski definition) is 1. The molecule has 6 heterocycles. The van der Waals surface area contributed by atoms with E-state index in [1.165, 1.54) is 30.3 Å². The van der Waals surface area contributed by atoms with Gasteiger partial charge in [0.15, 0.2) is 0 Å².